The van der Waals surface area contributed by atoms with Crippen molar-refractivity contribution in [3.05, 3.63) is 112 Å². The van der Waals surface area contributed by atoms with Crippen molar-refractivity contribution in [2.45, 2.75) is 25.9 Å². The van der Waals surface area contributed by atoms with Crippen molar-refractivity contribution in [2.75, 3.05) is 37.7 Å². The lowest BCUT2D eigenvalue weighted by molar-refractivity contribution is 0.199. The number of fused-ring (bicyclic) bond motifs is 1. The van der Waals surface area contributed by atoms with Gasteiger partial charge in [-0.1, -0.05) is 42.5 Å². The minimum Gasteiger partial charge on any atom is -0.494 e. The summed E-state index contributed by atoms with van der Waals surface area (Å²) in [6.45, 7) is 5.45. The fourth-order valence-corrected chi connectivity index (χ4v) is 5.54. The van der Waals surface area contributed by atoms with Crippen LogP contribution in [0.1, 0.15) is 29.9 Å². The van der Waals surface area contributed by atoms with E-state index in [1.165, 1.54) is 11.6 Å². The van der Waals surface area contributed by atoms with Crippen LogP contribution in [-0.2, 0) is 13.0 Å². The molecular formula is C31H32FN7O2. The van der Waals surface area contributed by atoms with Gasteiger partial charge in [0, 0.05) is 49.2 Å². The van der Waals surface area contributed by atoms with Gasteiger partial charge in [-0.15, -0.1) is 5.10 Å². The van der Waals surface area contributed by atoms with E-state index in [9.17, 15) is 9.18 Å². The standard InChI is InChI=1S/C31H32FN7O2/c1-2-41-24-12-13-27-23(20-24)21-25(31(40)33-27)29(30-34-35-36-39(30)15-14-22-8-4-3-5-9-22)38-18-16-37(17-19-38)28-11-7-6-10-26(28)32/h3-13,20-21,29H,2,14-19H2,1H3,(H,33,40)/t29-/m0/s1. The molecule has 6 rings (SSSR count). The number of halogens is 1. The first-order valence-corrected chi connectivity index (χ1v) is 13.9. The molecule has 1 N–H and O–H groups in total. The SMILES string of the molecule is CCOc1ccc2[nH]c(=O)c([C@@H](c3nnnn3CCc3ccccc3)N3CCN(c4ccccc4F)CC3)cc2c1. The van der Waals surface area contributed by atoms with Crippen LogP contribution in [0.25, 0.3) is 10.9 Å². The zero-order chi connectivity index (χ0) is 28.2. The summed E-state index contributed by atoms with van der Waals surface area (Å²) in [6, 6.07) is 24.1. The molecule has 0 unspecified atom stereocenters. The van der Waals surface area contributed by atoms with Crippen LogP contribution in [0.3, 0.4) is 0 Å². The molecule has 1 atom stereocenters. The molecule has 0 amide bonds. The molecule has 10 heteroatoms. The van der Waals surface area contributed by atoms with Crippen LogP contribution in [0.5, 0.6) is 5.75 Å². The van der Waals surface area contributed by atoms with Gasteiger partial charge in [0.2, 0.25) is 0 Å². The molecule has 0 saturated carbocycles. The first kappa shape index (κ1) is 26.6. The van der Waals surface area contributed by atoms with Crippen molar-refractivity contribution in [1.82, 2.24) is 30.1 Å². The van der Waals surface area contributed by atoms with E-state index < -0.39 is 6.04 Å². The van der Waals surface area contributed by atoms with Crippen molar-refractivity contribution in [3.8, 4) is 5.75 Å². The molecule has 1 aliphatic rings. The van der Waals surface area contributed by atoms with E-state index in [4.69, 9.17) is 4.74 Å². The minimum atomic E-state index is -0.493. The number of nitrogens with one attached hydrogen (secondary N) is 1. The number of benzene rings is 3. The smallest absolute Gasteiger partial charge is 0.253 e. The Hall–Kier alpha value is -4.57. The van der Waals surface area contributed by atoms with Gasteiger partial charge < -0.3 is 14.6 Å². The van der Waals surface area contributed by atoms with E-state index in [1.807, 2.05) is 60.4 Å². The number of hydrogen-bond acceptors (Lipinski definition) is 7. The third-order valence-corrected chi connectivity index (χ3v) is 7.58. The molecule has 0 spiro atoms. The summed E-state index contributed by atoms with van der Waals surface area (Å²) in [5.41, 5.74) is 2.86. The largest absolute Gasteiger partial charge is 0.494 e. The molecule has 0 radical (unpaired) electrons. The highest BCUT2D eigenvalue weighted by molar-refractivity contribution is 5.80. The van der Waals surface area contributed by atoms with Crippen LogP contribution in [0, 0.1) is 5.82 Å². The fraction of sp³-hybridized carbons (Fsp3) is 0.290. The molecule has 5 aromatic rings. The predicted molar refractivity (Wildman–Crippen MR) is 156 cm³/mol. The van der Waals surface area contributed by atoms with Gasteiger partial charge in [-0.25, -0.2) is 9.07 Å². The van der Waals surface area contributed by atoms with Crippen molar-refractivity contribution >= 4 is 16.6 Å². The highest BCUT2D eigenvalue weighted by atomic mass is 19.1. The Morgan fingerprint density at radius 2 is 1.76 bits per heavy atom. The second-order valence-electron chi connectivity index (χ2n) is 10.1. The Morgan fingerprint density at radius 3 is 2.54 bits per heavy atom. The number of anilines is 1. The minimum absolute atomic E-state index is 0.194. The van der Waals surface area contributed by atoms with Gasteiger partial charge in [0.25, 0.3) is 5.56 Å². The van der Waals surface area contributed by atoms with Crippen LogP contribution in [0.2, 0.25) is 0 Å². The zero-order valence-electron chi connectivity index (χ0n) is 22.9. The predicted octanol–water partition coefficient (Wildman–Crippen LogP) is 4.21. The number of pyridine rings is 1. The Kier molecular flexibility index (Phi) is 7.73. The highest BCUT2D eigenvalue weighted by Crippen LogP contribution is 2.30. The Bertz CT molecular complexity index is 1680. The first-order valence-electron chi connectivity index (χ1n) is 13.9. The number of ether oxygens (including phenoxy) is 1. The Balaban J connectivity index is 1.36. The van der Waals surface area contributed by atoms with Crippen LogP contribution in [0.4, 0.5) is 10.1 Å². The average Bonchev–Trinajstić information content (AvgIpc) is 3.46. The molecule has 9 nitrogen and oxygen atoms in total. The molecule has 0 bridgehead atoms. The molecule has 1 aliphatic heterocycles. The van der Waals surface area contributed by atoms with Crippen molar-refractivity contribution in [1.29, 1.82) is 0 Å². The number of H-pyrrole nitrogens is 1. The fourth-order valence-electron chi connectivity index (χ4n) is 5.54. The third-order valence-electron chi connectivity index (χ3n) is 7.58. The topological polar surface area (TPSA) is 92.2 Å². The number of hydrogen-bond donors (Lipinski definition) is 1. The molecule has 210 valence electrons. The van der Waals surface area contributed by atoms with Crippen molar-refractivity contribution < 1.29 is 9.13 Å². The number of para-hydroxylation sites is 1. The lowest BCUT2D eigenvalue weighted by atomic mass is 10.0. The molecule has 1 saturated heterocycles. The van der Waals surface area contributed by atoms with Crippen molar-refractivity contribution in [3.63, 3.8) is 0 Å². The van der Waals surface area contributed by atoms with Gasteiger partial charge >= 0.3 is 0 Å². The summed E-state index contributed by atoms with van der Waals surface area (Å²) < 4.78 is 22.1. The van der Waals surface area contributed by atoms with Gasteiger partial charge in [-0.2, -0.15) is 0 Å². The Labute approximate surface area is 237 Å². The lowest BCUT2D eigenvalue weighted by Gasteiger charge is -2.39. The summed E-state index contributed by atoms with van der Waals surface area (Å²) in [4.78, 5) is 20.9. The lowest BCUT2D eigenvalue weighted by Crippen LogP contribution is -2.49. The number of aromatic nitrogens is 5. The molecule has 3 aromatic carbocycles. The molecule has 2 aromatic heterocycles. The van der Waals surface area contributed by atoms with Gasteiger partial charge in [0.1, 0.15) is 17.6 Å². The number of nitrogens with zero attached hydrogens (tertiary/aromatic N) is 6. The maximum Gasteiger partial charge on any atom is 0.253 e. The second-order valence-corrected chi connectivity index (χ2v) is 10.1. The third kappa shape index (κ3) is 5.69. The molecule has 3 heterocycles. The second kappa shape index (κ2) is 11.9. The quantitative estimate of drug-likeness (QED) is 0.292. The summed E-state index contributed by atoms with van der Waals surface area (Å²) >= 11 is 0. The van der Waals surface area contributed by atoms with Crippen LogP contribution in [-0.4, -0.2) is 62.9 Å². The van der Waals surface area contributed by atoms with Gasteiger partial charge in [0.05, 0.1) is 12.3 Å². The summed E-state index contributed by atoms with van der Waals surface area (Å²) in [5, 5.41) is 13.7. The van der Waals surface area contributed by atoms with E-state index in [-0.39, 0.29) is 11.4 Å². The molecule has 41 heavy (non-hydrogen) atoms. The maximum atomic E-state index is 14.5. The number of rotatable bonds is 9. The monoisotopic (exact) mass is 553 g/mol. The van der Waals surface area contributed by atoms with Gasteiger partial charge in [-0.05, 0) is 65.7 Å². The average molecular weight is 554 g/mol. The summed E-state index contributed by atoms with van der Waals surface area (Å²) in [5.74, 6) is 1.10. The molecular weight excluding hydrogens is 521 g/mol. The van der Waals surface area contributed by atoms with E-state index in [1.54, 1.807) is 16.8 Å². The van der Waals surface area contributed by atoms with Gasteiger partial charge in [-0.3, -0.25) is 9.69 Å². The zero-order valence-corrected chi connectivity index (χ0v) is 22.9. The Morgan fingerprint density at radius 1 is 0.976 bits per heavy atom. The first-order chi connectivity index (χ1) is 20.1. The van der Waals surface area contributed by atoms with Gasteiger partial charge in [0.15, 0.2) is 5.82 Å². The number of aromatic amines is 1. The van der Waals surface area contributed by atoms with E-state index in [0.717, 1.165) is 23.1 Å². The van der Waals surface area contributed by atoms with E-state index in [2.05, 4.69) is 37.5 Å². The number of piperazine rings is 1. The molecule has 1 fully saturated rings. The van der Waals surface area contributed by atoms with Crippen LogP contribution < -0.4 is 15.2 Å². The maximum absolute atomic E-state index is 14.5. The normalized spacial score (nSPS) is 14.8. The van der Waals surface area contributed by atoms with Crippen LogP contribution in [0.15, 0.2) is 83.7 Å². The molecule has 0 aliphatic carbocycles. The highest BCUT2D eigenvalue weighted by Gasteiger charge is 2.33. The summed E-state index contributed by atoms with van der Waals surface area (Å²) in [7, 11) is 0. The van der Waals surface area contributed by atoms with Crippen LogP contribution >= 0.6 is 0 Å². The number of aryl methyl sites for hydroxylation is 2. The summed E-state index contributed by atoms with van der Waals surface area (Å²) in [6.07, 6.45) is 0.748. The number of tetrazole rings is 1. The van der Waals surface area contributed by atoms with E-state index >= 15 is 0 Å². The van der Waals surface area contributed by atoms with E-state index in [0.29, 0.717) is 56.4 Å². The van der Waals surface area contributed by atoms with Crippen molar-refractivity contribution in [2.24, 2.45) is 0 Å².